The van der Waals surface area contributed by atoms with E-state index < -0.39 is 9.28 Å². The SMILES string of the molecule is CCO[SiH](CCCCO)OCC. The van der Waals surface area contributed by atoms with E-state index >= 15 is 0 Å². The van der Waals surface area contributed by atoms with Crippen LogP contribution in [0.2, 0.25) is 6.04 Å². The lowest BCUT2D eigenvalue weighted by Gasteiger charge is -2.13. The summed E-state index contributed by atoms with van der Waals surface area (Å²) in [6.45, 7) is 5.75. The van der Waals surface area contributed by atoms with E-state index in [9.17, 15) is 0 Å². The van der Waals surface area contributed by atoms with Crippen molar-refractivity contribution >= 4 is 9.28 Å². The maximum absolute atomic E-state index is 8.57. The van der Waals surface area contributed by atoms with Crippen molar-refractivity contribution in [1.29, 1.82) is 0 Å². The average Bonchev–Trinajstić information content (AvgIpc) is 2.06. The Kier molecular flexibility index (Phi) is 9.26. The van der Waals surface area contributed by atoms with Gasteiger partial charge < -0.3 is 14.0 Å². The van der Waals surface area contributed by atoms with E-state index in [0.29, 0.717) is 0 Å². The zero-order chi connectivity index (χ0) is 9.23. The van der Waals surface area contributed by atoms with Crippen molar-refractivity contribution in [1.82, 2.24) is 0 Å². The standard InChI is InChI=1S/C8H20O3Si/c1-3-10-12(11-4-2)8-6-5-7-9/h9,12H,3-8H2,1-2H3. The lowest BCUT2D eigenvalue weighted by molar-refractivity contribution is 0.211. The van der Waals surface area contributed by atoms with Gasteiger partial charge in [0.15, 0.2) is 0 Å². The van der Waals surface area contributed by atoms with Gasteiger partial charge in [0, 0.05) is 19.8 Å². The second-order valence-electron chi connectivity index (χ2n) is 2.56. The van der Waals surface area contributed by atoms with E-state index in [-0.39, 0.29) is 6.61 Å². The topological polar surface area (TPSA) is 38.7 Å². The summed E-state index contributed by atoms with van der Waals surface area (Å²) in [4.78, 5) is 0. The monoisotopic (exact) mass is 192 g/mol. The quantitative estimate of drug-likeness (QED) is 0.461. The fraction of sp³-hybridized carbons (Fsp3) is 1.00. The van der Waals surface area contributed by atoms with Crippen LogP contribution in [0, 0.1) is 0 Å². The second kappa shape index (κ2) is 9.19. The first kappa shape index (κ1) is 12.1. The van der Waals surface area contributed by atoms with Gasteiger partial charge in [0.1, 0.15) is 0 Å². The molecule has 0 fully saturated rings. The molecule has 0 unspecified atom stereocenters. The number of aliphatic hydroxyl groups excluding tert-OH is 1. The van der Waals surface area contributed by atoms with Gasteiger partial charge in [-0.05, 0) is 32.7 Å². The molecule has 0 rings (SSSR count). The molecule has 1 N–H and O–H groups in total. The van der Waals surface area contributed by atoms with Crippen molar-refractivity contribution in [3.05, 3.63) is 0 Å². The normalized spacial score (nSPS) is 11.0. The highest BCUT2D eigenvalue weighted by Crippen LogP contribution is 2.03. The number of rotatable bonds is 8. The molecule has 0 aliphatic carbocycles. The minimum absolute atomic E-state index is 0.277. The van der Waals surface area contributed by atoms with E-state index in [1.54, 1.807) is 0 Å². The molecule has 12 heavy (non-hydrogen) atoms. The molecular formula is C8H20O3Si. The number of hydrogen-bond donors (Lipinski definition) is 1. The summed E-state index contributed by atoms with van der Waals surface area (Å²) < 4.78 is 10.9. The van der Waals surface area contributed by atoms with Crippen LogP contribution in [0.3, 0.4) is 0 Å². The van der Waals surface area contributed by atoms with E-state index in [2.05, 4.69) is 0 Å². The Balaban J connectivity index is 3.34. The Bertz CT molecular complexity index is 84.4. The van der Waals surface area contributed by atoms with Crippen LogP contribution in [0.15, 0.2) is 0 Å². The summed E-state index contributed by atoms with van der Waals surface area (Å²) in [5.41, 5.74) is 0. The van der Waals surface area contributed by atoms with Gasteiger partial charge in [-0.25, -0.2) is 0 Å². The smallest absolute Gasteiger partial charge is 0.321 e. The molecular weight excluding hydrogens is 172 g/mol. The molecule has 0 aliphatic rings. The van der Waals surface area contributed by atoms with Crippen molar-refractivity contribution in [2.45, 2.75) is 32.7 Å². The van der Waals surface area contributed by atoms with Gasteiger partial charge in [0.2, 0.25) is 0 Å². The van der Waals surface area contributed by atoms with Gasteiger partial charge in [0.25, 0.3) is 0 Å². The summed E-state index contributed by atoms with van der Waals surface area (Å²) in [7, 11) is -1.38. The van der Waals surface area contributed by atoms with Crippen molar-refractivity contribution in [3.63, 3.8) is 0 Å². The molecule has 0 aromatic rings. The molecule has 0 aliphatic heterocycles. The Morgan fingerprint density at radius 2 is 1.67 bits per heavy atom. The molecule has 3 nitrogen and oxygen atoms in total. The predicted octanol–water partition coefficient (Wildman–Crippen LogP) is 1.05. The van der Waals surface area contributed by atoms with Gasteiger partial charge in [-0.2, -0.15) is 0 Å². The van der Waals surface area contributed by atoms with Gasteiger partial charge in [-0.1, -0.05) is 0 Å². The zero-order valence-corrected chi connectivity index (χ0v) is 9.24. The largest absolute Gasteiger partial charge is 0.397 e. The molecule has 0 aromatic heterocycles. The van der Waals surface area contributed by atoms with E-state index in [0.717, 1.165) is 32.1 Å². The van der Waals surface area contributed by atoms with Crippen LogP contribution < -0.4 is 0 Å². The van der Waals surface area contributed by atoms with E-state index in [4.69, 9.17) is 14.0 Å². The summed E-state index contributed by atoms with van der Waals surface area (Å²) in [5.74, 6) is 0. The number of unbranched alkanes of at least 4 members (excludes halogenated alkanes) is 1. The minimum Gasteiger partial charge on any atom is -0.397 e. The molecule has 0 amide bonds. The Morgan fingerprint density at radius 1 is 1.08 bits per heavy atom. The second-order valence-corrected chi connectivity index (χ2v) is 4.66. The lowest BCUT2D eigenvalue weighted by Crippen LogP contribution is -2.22. The highest BCUT2D eigenvalue weighted by molar-refractivity contribution is 6.44. The summed E-state index contributed by atoms with van der Waals surface area (Å²) in [5, 5.41) is 8.57. The maximum Gasteiger partial charge on any atom is 0.321 e. The van der Waals surface area contributed by atoms with Crippen LogP contribution in [0.5, 0.6) is 0 Å². The average molecular weight is 192 g/mol. The van der Waals surface area contributed by atoms with E-state index in [1.807, 2.05) is 13.8 Å². The van der Waals surface area contributed by atoms with Gasteiger partial charge >= 0.3 is 9.28 Å². The van der Waals surface area contributed by atoms with E-state index in [1.165, 1.54) is 0 Å². The third-order valence-electron chi connectivity index (χ3n) is 1.55. The van der Waals surface area contributed by atoms with Crippen molar-refractivity contribution in [3.8, 4) is 0 Å². The fourth-order valence-electron chi connectivity index (χ4n) is 1.01. The molecule has 0 heterocycles. The van der Waals surface area contributed by atoms with Crippen molar-refractivity contribution in [2.75, 3.05) is 19.8 Å². The third-order valence-corrected chi connectivity index (χ3v) is 3.84. The molecule has 0 atom stereocenters. The number of aliphatic hydroxyl groups is 1. The Labute approximate surface area is 76.5 Å². The highest BCUT2D eigenvalue weighted by Gasteiger charge is 2.10. The van der Waals surface area contributed by atoms with Crippen LogP contribution in [0.1, 0.15) is 26.7 Å². The first-order valence-electron chi connectivity index (χ1n) is 4.69. The molecule has 0 saturated heterocycles. The van der Waals surface area contributed by atoms with Crippen LogP contribution in [-0.2, 0) is 8.85 Å². The summed E-state index contributed by atoms with van der Waals surface area (Å²) in [6.07, 6.45) is 1.89. The zero-order valence-electron chi connectivity index (χ0n) is 8.08. The highest BCUT2D eigenvalue weighted by atomic mass is 28.3. The predicted molar refractivity (Wildman–Crippen MR) is 51.5 cm³/mol. The Hall–Kier alpha value is 0.0969. The fourth-order valence-corrected chi connectivity index (χ4v) is 2.80. The molecule has 0 bridgehead atoms. The summed E-state index contributed by atoms with van der Waals surface area (Å²) >= 11 is 0. The molecule has 0 saturated carbocycles. The molecule has 0 spiro atoms. The van der Waals surface area contributed by atoms with Crippen molar-refractivity contribution in [2.24, 2.45) is 0 Å². The Morgan fingerprint density at radius 3 is 2.08 bits per heavy atom. The van der Waals surface area contributed by atoms with Crippen LogP contribution in [-0.4, -0.2) is 34.2 Å². The first-order valence-corrected chi connectivity index (χ1v) is 6.45. The summed E-state index contributed by atoms with van der Waals surface area (Å²) in [6, 6.07) is 1.02. The van der Waals surface area contributed by atoms with Crippen LogP contribution in [0.25, 0.3) is 0 Å². The van der Waals surface area contributed by atoms with Gasteiger partial charge in [-0.3, -0.25) is 0 Å². The number of hydrogen-bond acceptors (Lipinski definition) is 3. The molecule has 74 valence electrons. The van der Waals surface area contributed by atoms with Gasteiger partial charge in [0.05, 0.1) is 0 Å². The lowest BCUT2D eigenvalue weighted by atomic mass is 10.4. The van der Waals surface area contributed by atoms with Gasteiger partial charge in [-0.15, -0.1) is 0 Å². The third kappa shape index (κ3) is 6.79. The maximum atomic E-state index is 8.57. The van der Waals surface area contributed by atoms with Crippen LogP contribution >= 0.6 is 0 Å². The van der Waals surface area contributed by atoms with Crippen molar-refractivity contribution < 1.29 is 14.0 Å². The minimum atomic E-state index is -1.38. The first-order chi connectivity index (χ1) is 5.85. The molecule has 0 radical (unpaired) electrons. The molecule has 0 aromatic carbocycles. The molecule has 4 heteroatoms. The van der Waals surface area contributed by atoms with Crippen LogP contribution in [0.4, 0.5) is 0 Å².